The molecule has 6 heteroatoms. The van der Waals surface area contributed by atoms with Crippen LogP contribution < -0.4 is 4.74 Å². The van der Waals surface area contributed by atoms with Gasteiger partial charge >= 0.3 is 0 Å². The van der Waals surface area contributed by atoms with Crippen molar-refractivity contribution in [2.24, 2.45) is 0 Å². The minimum atomic E-state index is -0.234. The summed E-state index contributed by atoms with van der Waals surface area (Å²) in [5.41, 5.74) is 1.91. The largest absolute Gasteiger partial charge is 0.496 e. The van der Waals surface area contributed by atoms with Crippen LogP contribution in [0.2, 0.25) is 0 Å². The van der Waals surface area contributed by atoms with Crippen LogP contribution in [-0.4, -0.2) is 21.9 Å². The summed E-state index contributed by atoms with van der Waals surface area (Å²) in [4.78, 5) is 0. The van der Waals surface area contributed by atoms with Gasteiger partial charge in [-0.25, -0.2) is 4.39 Å². The molecule has 0 bridgehead atoms. The highest BCUT2D eigenvalue weighted by Gasteiger charge is 2.16. The van der Waals surface area contributed by atoms with E-state index in [4.69, 9.17) is 4.74 Å². The van der Waals surface area contributed by atoms with Gasteiger partial charge in [-0.2, -0.15) is 0 Å². The van der Waals surface area contributed by atoms with Crippen LogP contribution in [0.15, 0.2) is 66.3 Å². The third kappa shape index (κ3) is 3.91. The van der Waals surface area contributed by atoms with Gasteiger partial charge in [-0.15, -0.1) is 16.8 Å². The summed E-state index contributed by atoms with van der Waals surface area (Å²) in [6, 6.07) is 14.2. The summed E-state index contributed by atoms with van der Waals surface area (Å²) in [6.45, 7) is 4.41. The maximum atomic E-state index is 13.0. The Bertz CT molecular complexity index is 861. The van der Waals surface area contributed by atoms with E-state index in [1.54, 1.807) is 31.0 Å². The van der Waals surface area contributed by atoms with E-state index < -0.39 is 0 Å². The Morgan fingerprint density at radius 1 is 1.16 bits per heavy atom. The molecule has 128 valence electrons. The molecule has 0 aliphatic heterocycles. The second-order valence-electron chi connectivity index (χ2n) is 5.32. The Balaban J connectivity index is 1.89. The van der Waals surface area contributed by atoms with E-state index in [2.05, 4.69) is 16.8 Å². The molecule has 0 fully saturated rings. The lowest BCUT2D eigenvalue weighted by atomic mass is 10.2. The molecule has 0 aliphatic rings. The van der Waals surface area contributed by atoms with Crippen molar-refractivity contribution < 1.29 is 9.13 Å². The van der Waals surface area contributed by atoms with E-state index in [-0.39, 0.29) is 5.82 Å². The zero-order valence-corrected chi connectivity index (χ0v) is 14.7. The topological polar surface area (TPSA) is 39.9 Å². The van der Waals surface area contributed by atoms with Crippen molar-refractivity contribution in [3.63, 3.8) is 0 Å². The van der Waals surface area contributed by atoms with Crippen LogP contribution >= 0.6 is 11.8 Å². The molecule has 0 atom stereocenters. The van der Waals surface area contributed by atoms with Crippen molar-refractivity contribution in [3.8, 4) is 17.1 Å². The van der Waals surface area contributed by atoms with Crippen molar-refractivity contribution in [1.29, 1.82) is 0 Å². The predicted octanol–water partition coefficient (Wildman–Crippen LogP) is 4.57. The summed E-state index contributed by atoms with van der Waals surface area (Å²) in [6.07, 6.45) is 1.81. The molecule has 1 aromatic heterocycles. The van der Waals surface area contributed by atoms with E-state index in [0.29, 0.717) is 12.3 Å². The highest BCUT2D eigenvalue weighted by atomic mass is 32.2. The predicted molar refractivity (Wildman–Crippen MR) is 98.2 cm³/mol. The highest BCUT2D eigenvalue weighted by molar-refractivity contribution is 7.98. The third-order valence-electron chi connectivity index (χ3n) is 3.66. The summed E-state index contributed by atoms with van der Waals surface area (Å²) in [5.74, 6) is 1.93. The van der Waals surface area contributed by atoms with Crippen molar-refractivity contribution >= 4 is 11.8 Å². The monoisotopic (exact) mass is 355 g/mol. The number of hydrogen-bond acceptors (Lipinski definition) is 4. The fraction of sp³-hybridized carbons (Fsp3) is 0.158. The van der Waals surface area contributed by atoms with Gasteiger partial charge in [-0.1, -0.05) is 42.1 Å². The molecule has 0 radical (unpaired) electrons. The first-order chi connectivity index (χ1) is 12.2. The second-order valence-corrected chi connectivity index (χ2v) is 6.26. The molecule has 3 aromatic rings. The Labute approximate surface area is 150 Å². The molecule has 3 rings (SSSR count). The lowest BCUT2D eigenvalue weighted by Gasteiger charge is -2.10. The van der Waals surface area contributed by atoms with E-state index in [0.717, 1.165) is 27.9 Å². The number of halogens is 1. The van der Waals surface area contributed by atoms with Crippen LogP contribution in [0.1, 0.15) is 5.56 Å². The number of benzene rings is 2. The first-order valence-electron chi connectivity index (χ1n) is 7.77. The Kier molecular flexibility index (Phi) is 5.50. The molecule has 0 saturated heterocycles. The Morgan fingerprint density at radius 3 is 2.64 bits per heavy atom. The number of allylic oxidation sites excluding steroid dienone is 1. The van der Waals surface area contributed by atoms with E-state index in [9.17, 15) is 4.39 Å². The quantitative estimate of drug-likeness (QED) is 0.460. The van der Waals surface area contributed by atoms with Gasteiger partial charge in [0.25, 0.3) is 0 Å². The molecular formula is C19H18FN3OS. The van der Waals surface area contributed by atoms with Gasteiger partial charge in [0.2, 0.25) is 0 Å². The first kappa shape index (κ1) is 17.2. The standard InChI is InChI=1S/C19H18FN3OS/c1-3-12-23-18(16-6-4-5-7-17(16)24-2)21-22-19(23)25-13-14-8-10-15(20)11-9-14/h3-11H,1,12-13H2,2H3. The summed E-state index contributed by atoms with van der Waals surface area (Å²) >= 11 is 1.55. The SMILES string of the molecule is C=CCn1c(SCc2ccc(F)cc2)nnc1-c1ccccc1OC. The van der Waals surface area contributed by atoms with Crippen molar-refractivity contribution in [2.45, 2.75) is 17.5 Å². The van der Waals surface area contributed by atoms with Gasteiger partial charge in [-0.3, -0.25) is 4.57 Å². The lowest BCUT2D eigenvalue weighted by molar-refractivity contribution is 0.416. The van der Waals surface area contributed by atoms with Gasteiger partial charge < -0.3 is 4.74 Å². The zero-order chi connectivity index (χ0) is 17.6. The van der Waals surface area contributed by atoms with Gasteiger partial charge in [-0.05, 0) is 29.8 Å². The van der Waals surface area contributed by atoms with E-state index in [1.165, 1.54) is 12.1 Å². The molecule has 0 N–H and O–H groups in total. The number of rotatable bonds is 7. The Morgan fingerprint density at radius 2 is 1.92 bits per heavy atom. The molecule has 0 unspecified atom stereocenters. The van der Waals surface area contributed by atoms with Gasteiger partial charge in [0.15, 0.2) is 11.0 Å². The average molecular weight is 355 g/mol. The van der Waals surface area contributed by atoms with Crippen LogP contribution in [0.25, 0.3) is 11.4 Å². The molecule has 2 aromatic carbocycles. The molecule has 0 saturated carbocycles. The zero-order valence-electron chi connectivity index (χ0n) is 13.9. The van der Waals surface area contributed by atoms with Crippen LogP contribution in [-0.2, 0) is 12.3 Å². The van der Waals surface area contributed by atoms with Crippen LogP contribution in [0.5, 0.6) is 5.75 Å². The summed E-state index contributed by atoms with van der Waals surface area (Å²) in [5, 5.41) is 9.44. The minimum Gasteiger partial charge on any atom is -0.496 e. The van der Waals surface area contributed by atoms with Crippen molar-refractivity contribution in [3.05, 3.63) is 72.6 Å². The first-order valence-corrected chi connectivity index (χ1v) is 8.76. The molecule has 0 spiro atoms. The maximum absolute atomic E-state index is 13.0. The lowest BCUT2D eigenvalue weighted by Crippen LogP contribution is -2.01. The average Bonchev–Trinajstić information content (AvgIpc) is 3.04. The summed E-state index contributed by atoms with van der Waals surface area (Å²) in [7, 11) is 1.64. The highest BCUT2D eigenvalue weighted by Crippen LogP contribution is 2.31. The van der Waals surface area contributed by atoms with Crippen LogP contribution in [0.3, 0.4) is 0 Å². The molecular weight excluding hydrogens is 337 g/mol. The van der Waals surface area contributed by atoms with Crippen LogP contribution in [0, 0.1) is 5.82 Å². The van der Waals surface area contributed by atoms with Gasteiger partial charge in [0.05, 0.1) is 12.7 Å². The second kappa shape index (κ2) is 7.98. The number of ether oxygens (including phenoxy) is 1. The number of nitrogens with zero attached hydrogens (tertiary/aromatic N) is 3. The number of para-hydroxylation sites is 1. The smallest absolute Gasteiger partial charge is 0.192 e. The number of hydrogen-bond donors (Lipinski definition) is 0. The number of aromatic nitrogens is 3. The van der Waals surface area contributed by atoms with Crippen molar-refractivity contribution in [1.82, 2.24) is 14.8 Å². The van der Waals surface area contributed by atoms with Gasteiger partial charge in [0.1, 0.15) is 11.6 Å². The summed E-state index contributed by atoms with van der Waals surface area (Å²) < 4.78 is 20.5. The van der Waals surface area contributed by atoms with E-state index >= 15 is 0 Å². The number of methoxy groups -OCH3 is 1. The fourth-order valence-corrected chi connectivity index (χ4v) is 3.35. The molecule has 1 heterocycles. The van der Waals surface area contributed by atoms with Crippen LogP contribution in [0.4, 0.5) is 4.39 Å². The molecule has 25 heavy (non-hydrogen) atoms. The number of thioether (sulfide) groups is 1. The molecule has 0 aliphatic carbocycles. The normalized spacial score (nSPS) is 10.6. The minimum absolute atomic E-state index is 0.234. The third-order valence-corrected chi connectivity index (χ3v) is 4.70. The fourth-order valence-electron chi connectivity index (χ4n) is 2.45. The maximum Gasteiger partial charge on any atom is 0.192 e. The molecule has 4 nitrogen and oxygen atoms in total. The molecule has 0 amide bonds. The Hall–Kier alpha value is -2.60. The van der Waals surface area contributed by atoms with Crippen molar-refractivity contribution in [2.75, 3.05) is 7.11 Å². The van der Waals surface area contributed by atoms with E-state index in [1.807, 2.05) is 34.9 Å². The van der Waals surface area contributed by atoms with Gasteiger partial charge in [0, 0.05) is 12.3 Å².